The minimum absolute atomic E-state index is 0.126. The van der Waals surface area contributed by atoms with Gasteiger partial charge in [-0.05, 0) is 43.3 Å². The van der Waals surface area contributed by atoms with E-state index >= 15 is 0 Å². The smallest absolute Gasteiger partial charge is 0.328 e. The van der Waals surface area contributed by atoms with Gasteiger partial charge in [-0.25, -0.2) is 13.2 Å². The minimum atomic E-state index is -3.63. The van der Waals surface area contributed by atoms with Crippen molar-refractivity contribution in [1.29, 1.82) is 0 Å². The van der Waals surface area contributed by atoms with E-state index in [-0.39, 0.29) is 15.4 Å². The van der Waals surface area contributed by atoms with Gasteiger partial charge < -0.3 is 5.11 Å². The lowest BCUT2D eigenvalue weighted by molar-refractivity contribution is 0.447. The van der Waals surface area contributed by atoms with E-state index in [0.717, 1.165) is 11.8 Å². The Bertz CT molecular complexity index is 1240. The summed E-state index contributed by atoms with van der Waals surface area (Å²) in [7, 11) is -3.63. The molecule has 9 nitrogen and oxygen atoms in total. The number of nitrogens with zero attached hydrogens (tertiary/aromatic N) is 1. The first-order valence-electron chi connectivity index (χ1n) is 8.04. The molecular weight excluding hydrogens is 384 g/mol. The van der Waals surface area contributed by atoms with Crippen LogP contribution in [0.15, 0.2) is 73.0 Å². The molecule has 28 heavy (non-hydrogen) atoms. The van der Waals surface area contributed by atoms with Crippen LogP contribution in [0.3, 0.4) is 0 Å². The monoisotopic (exact) mass is 400 g/mol. The summed E-state index contributed by atoms with van der Waals surface area (Å²) in [6.45, 7) is 1.87. The maximum atomic E-state index is 12.6. The van der Waals surface area contributed by atoms with Gasteiger partial charge in [0, 0.05) is 0 Å². The van der Waals surface area contributed by atoms with E-state index in [1.165, 1.54) is 24.3 Å². The highest BCUT2D eigenvalue weighted by Gasteiger charge is 2.17. The molecule has 0 spiro atoms. The van der Waals surface area contributed by atoms with Crippen molar-refractivity contribution in [3.63, 3.8) is 0 Å². The van der Waals surface area contributed by atoms with Crippen molar-refractivity contribution in [1.82, 2.24) is 9.97 Å². The number of hydrazone groups is 1. The van der Waals surface area contributed by atoms with E-state index in [1.807, 2.05) is 16.9 Å². The van der Waals surface area contributed by atoms with Crippen LogP contribution in [0.5, 0.6) is 5.88 Å². The Morgan fingerprint density at radius 2 is 1.54 bits per heavy atom. The maximum Gasteiger partial charge on any atom is 0.328 e. The van der Waals surface area contributed by atoms with E-state index in [1.54, 1.807) is 24.3 Å². The summed E-state index contributed by atoms with van der Waals surface area (Å²) in [4.78, 5) is 26.9. The molecule has 4 N–H and O–H groups in total. The third kappa shape index (κ3) is 4.01. The molecule has 3 aromatic rings. The van der Waals surface area contributed by atoms with Crippen LogP contribution in [0.4, 0.5) is 5.69 Å². The second-order valence-electron chi connectivity index (χ2n) is 5.88. The van der Waals surface area contributed by atoms with Crippen LogP contribution in [0.25, 0.3) is 0 Å². The fourth-order valence-electron chi connectivity index (χ4n) is 2.34. The summed E-state index contributed by atoms with van der Waals surface area (Å²) < 4.78 is 25.2. The lowest BCUT2D eigenvalue weighted by Gasteiger charge is -2.06. The Balaban J connectivity index is 1.77. The van der Waals surface area contributed by atoms with Gasteiger partial charge in [0.25, 0.3) is 5.56 Å². The molecule has 0 unspecified atom stereocenters. The molecule has 0 aliphatic heterocycles. The van der Waals surface area contributed by atoms with E-state index in [4.69, 9.17) is 0 Å². The molecule has 0 aliphatic carbocycles. The Morgan fingerprint density at radius 3 is 2.11 bits per heavy atom. The van der Waals surface area contributed by atoms with Gasteiger partial charge in [0.05, 0.1) is 21.7 Å². The first-order chi connectivity index (χ1) is 13.3. The number of hydrogen-bond acceptors (Lipinski definition) is 7. The van der Waals surface area contributed by atoms with E-state index in [9.17, 15) is 23.1 Å². The Morgan fingerprint density at radius 1 is 0.964 bits per heavy atom. The van der Waals surface area contributed by atoms with Crippen LogP contribution in [0.1, 0.15) is 11.1 Å². The van der Waals surface area contributed by atoms with Gasteiger partial charge in [-0.3, -0.25) is 20.2 Å². The number of hydrogen-bond donors (Lipinski definition) is 4. The highest BCUT2D eigenvalue weighted by atomic mass is 32.2. The molecule has 0 amide bonds. The number of H-pyrrole nitrogens is 2. The molecule has 2 aromatic carbocycles. The Hall–Kier alpha value is -3.66. The number of nitrogens with one attached hydrogen (secondary N) is 3. The second-order valence-corrected chi connectivity index (χ2v) is 7.83. The summed E-state index contributed by atoms with van der Waals surface area (Å²) in [6.07, 6.45) is 1.03. The van der Waals surface area contributed by atoms with Crippen molar-refractivity contribution >= 4 is 21.7 Å². The number of benzene rings is 2. The first kappa shape index (κ1) is 19.1. The van der Waals surface area contributed by atoms with Gasteiger partial charge in [-0.1, -0.05) is 17.7 Å². The molecule has 0 saturated heterocycles. The number of anilines is 1. The molecule has 1 aromatic heterocycles. The average Bonchev–Trinajstić information content (AvgIpc) is 2.64. The summed E-state index contributed by atoms with van der Waals surface area (Å²) in [5.74, 6) is -0.612. The zero-order valence-electron chi connectivity index (χ0n) is 14.6. The SMILES string of the molecule is Cc1ccc(S(=O)(=O)c2ccc(N/N=C/c3c(O)[nH]c(=O)[nH]c3=O)cc2)cc1. The number of aromatic nitrogens is 2. The zero-order chi connectivity index (χ0) is 20.3. The molecule has 1 heterocycles. The Kier molecular flexibility index (Phi) is 5.14. The van der Waals surface area contributed by atoms with Gasteiger partial charge in [-0.2, -0.15) is 5.10 Å². The van der Waals surface area contributed by atoms with Crippen molar-refractivity contribution in [3.8, 4) is 5.88 Å². The predicted octanol–water partition coefficient (Wildman–Crippen LogP) is 1.36. The molecule has 10 heteroatoms. The number of aromatic hydroxyl groups is 1. The van der Waals surface area contributed by atoms with Gasteiger partial charge in [0.15, 0.2) is 0 Å². The summed E-state index contributed by atoms with van der Waals surface area (Å²) >= 11 is 0. The van der Waals surface area contributed by atoms with Crippen LogP contribution in [0.2, 0.25) is 0 Å². The summed E-state index contributed by atoms with van der Waals surface area (Å²) in [5.41, 5.74) is 2.16. The number of sulfone groups is 1. The topological polar surface area (TPSA) is 144 Å². The lowest BCUT2D eigenvalue weighted by atomic mass is 10.2. The maximum absolute atomic E-state index is 12.6. The molecule has 144 valence electrons. The fraction of sp³-hybridized carbons (Fsp3) is 0.0556. The van der Waals surface area contributed by atoms with Crippen molar-refractivity contribution in [2.45, 2.75) is 16.7 Å². The molecule has 0 radical (unpaired) electrons. The summed E-state index contributed by atoms with van der Waals surface area (Å²) in [6, 6.07) is 12.4. The Labute approximate surface area is 159 Å². The molecule has 0 bridgehead atoms. The fourth-order valence-corrected chi connectivity index (χ4v) is 3.60. The number of aromatic amines is 2. The van der Waals surface area contributed by atoms with Gasteiger partial charge in [0.1, 0.15) is 5.56 Å². The highest BCUT2D eigenvalue weighted by molar-refractivity contribution is 7.91. The van der Waals surface area contributed by atoms with E-state index < -0.39 is 27.0 Å². The molecule has 0 saturated carbocycles. The van der Waals surface area contributed by atoms with Crippen LogP contribution >= 0.6 is 0 Å². The third-order valence-electron chi connectivity index (χ3n) is 3.84. The zero-order valence-corrected chi connectivity index (χ0v) is 15.4. The average molecular weight is 400 g/mol. The van der Waals surface area contributed by atoms with Crippen molar-refractivity contribution < 1.29 is 13.5 Å². The largest absolute Gasteiger partial charge is 0.494 e. The van der Waals surface area contributed by atoms with Gasteiger partial charge in [0.2, 0.25) is 15.7 Å². The highest BCUT2D eigenvalue weighted by Crippen LogP contribution is 2.22. The van der Waals surface area contributed by atoms with E-state index in [2.05, 4.69) is 10.5 Å². The van der Waals surface area contributed by atoms with Gasteiger partial charge >= 0.3 is 5.69 Å². The second kappa shape index (κ2) is 7.53. The van der Waals surface area contributed by atoms with Gasteiger partial charge in [-0.15, -0.1) is 0 Å². The lowest BCUT2D eigenvalue weighted by Crippen LogP contribution is -2.25. The van der Waals surface area contributed by atoms with Crippen LogP contribution in [-0.2, 0) is 9.84 Å². The number of aryl methyl sites for hydroxylation is 1. The predicted molar refractivity (Wildman–Crippen MR) is 104 cm³/mol. The van der Waals surface area contributed by atoms with Crippen LogP contribution in [-0.4, -0.2) is 29.7 Å². The molecule has 0 atom stereocenters. The van der Waals surface area contributed by atoms with Crippen molar-refractivity contribution in [2.24, 2.45) is 5.10 Å². The molecule has 0 fully saturated rings. The molecule has 3 rings (SSSR count). The molecular formula is C18H16N4O5S. The quantitative estimate of drug-likeness (QED) is 0.376. The van der Waals surface area contributed by atoms with Crippen LogP contribution < -0.4 is 16.7 Å². The van der Waals surface area contributed by atoms with Crippen molar-refractivity contribution in [2.75, 3.05) is 5.43 Å². The van der Waals surface area contributed by atoms with E-state index in [0.29, 0.717) is 5.69 Å². The minimum Gasteiger partial charge on any atom is -0.494 e. The number of rotatable bonds is 5. The third-order valence-corrected chi connectivity index (χ3v) is 5.63. The molecule has 0 aliphatic rings. The first-order valence-corrected chi connectivity index (χ1v) is 9.52. The van der Waals surface area contributed by atoms with Crippen molar-refractivity contribution in [3.05, 3.63) is 80.5 Å². The standard InChI is InChI=1S/C18H16N4O5S/c1-11-2-6-13(7-3-11)28(26,27)14-8-4-12(5-9-14)22-19-10-15-16(23)20-18(25)21-17(15)24/h2-10,22H,1H3,(H3,20,21,23,24,25)/b19-10+. The summed E-state index contributed by atoms with van der Waals surface area (Å²) in [5, 5.41) is 13.4. The normalized spacial score (nSPS) is 11.6. The van der Waals surface area contributed by atoms with Crippen LogP contribution in [0, 0.1) is 6.92 Å².